The van der Waals surface area contributed by atoms with Gasteiger partial charge in [-0.15, -0.1) is 11.3 Å². The van der Waals surface area contributed by atoms with Gasteiger partial charge in [0.25, 0.3) is 0 Å². The van der Waals surface area contributed by atoms with E-state index >= 15 is 0 Å². The van der Waals surface area contributed by atoms with E-state index in [0.29, 0.717) is 36.9 Å². The highest BCUT2D eigenvalue weighted by Crippen LogP contribution is 2.35. The Hall–Kier alpha value is -2.25. The predicted molar refractivity (Wildman–Crippen MR) is 107 cm³/mol. The molecule has 0 saturated carbocycles. The van der Waals surface area contributed by atoms with E-state index in [-0.39, 0.29) is 12.1 Å². The molecule has 2 aromatic rings. The Labute approximate surface area is 164 Å². The van der Waals surface area contributed by atoms with Gasteiger partial charge < -0.3 is 24.4 Å². The van der Waals surface area contributed by atoms with E-state index in [2.05, 4.69) is 16.8 Å². The summed E-state index contributed by atoms with van der Waals surface area (Å²) in [6, 6.07) is 9.67. The first kappa shape index (κ1) is 19.5. The summed E-state index contributed by atoms with van der Waals surface area (Å²) < 4.78 is 16.2. The van der Waals surface area contributed by atoms with Crippen LogP contribution in [-0.2, 0) is 11.2 Å². The molecule has 146 valence electrons. The lowest BCUT2D eigenvalue weighted by atomic mass is 10.1. The number of methoxy groups -OCH3 is 2. The molecule has 0 bridgehead atoms. The normalized spacial score (nSPS) is 14.6. The molecule has 1 aliphatic heterocycles. The third-order valence-electron chi connectivity index (χ3n) is 4.72. The number of anilines is 1. The van der Waals surface area contributed by atoms with Crippen LogP contribution in [0.5, 0.6) is 11.5 Å². The summed E-state index contributed by atoms with van der Waals surface area (Å²) in [6.45, 7) is 2.05. The highest BCUT2D eigenvalue weighted by molar-refractivity contribution is 7.09. The molecule has 7 heteroatoms. The maximum absolute atomic E-state index is 13.1. The van der Waals surface area contributed by atoms with Crippen LogP contribution in [0.1, 0.15) is 17.7 Å². The standard InChI is InChI=1S/C20H26N2O4S/c1-24-18-7-3-6-17(19(18)25-2)21-20(23)22(15-9-12-26-13-10-15)11-8-16-5-4-14-27-16/h3-7,14-15H,8-13H2,1-2H3,(H,21,23). The van der Waals surface area contributed by atoms with Gasteiger partial charge in [-0.05, 0) is 42.8 Å². The molecule has 2 heterocycles. The minimum Gasteiger partial charge on any atom is -0.493 e. The van der Waals surface area contributed by atoms with Gasteiger partial charge in [0.1, 0.15) is 0 Å². The van der Waals surface area contributed by atoms with Crippen LogP contribution in [0.15, 0.2) is 35.7 Å². The van der Waals surface area contributed by atoms with Crippen molar-refractivity contribution in [3.8, 4) is 11.5 Å². The molecule has 1 aromatic heterocycles. The van der Waals surface area contributed by atoms with Gasteiger partial charge in [0, 0.05) is 30.7 Å². The van der Waals surface area contributed by atoms with E-state index < -0.39 is 0 Å². The zero-order chi connectivity index (χ0) is 19.1. The topological polar surface area (TPSA) is 60.0 Å². The van der Waals surface area contributed by atoms with Gasteiger partial charge in [0.2, 0.25) is 0 Å². The summed E-state index contributed by atoms with van der Waals surface area (Å²) in [5, 5.41) is 5.07. The van der Waals surface area contributed by atoms with Crippen molar-refractivity contribution >= 4 is 23.1 Å². The molecule has 3 rings (SSSR count). The van der Waals surface area contributed by atoms with Gasteiger partial charge in [0.05, 0.1) is 19.9 Å². The van der Waals surface area contributed by atoms with Crippen LogP contribution in [0.4, 0.5) is 10.5 Å². The fraction of sp³-hybridized carbons (Fsp3) is 0.450. The molecule has 0 atom stereocenters. The summed E-state index contributed by atoms with van der Waals surface area (Å²) in [5.41, 5.74) is 0.607. The summed E-state index contributed by atoms with van der Waals surface area (Å²) in [5.74, 6) is 1.12. The lowest BCUT2D eigenvalue weighted by Crippen LogP contribution is -2.46. The smallest absolute Gasteiger partial charge is 0.322 e. The number of rotatable bonds is 7. The van der Waals surface area contributed by atoms with Crippen molar-refractivity contribution in [2.24, 2.45) is 0 Å². The fourth-order valence-electron chi connectivity index (χ4n) is 3.30. The monoisotopic (exact) mass is 390 g/mol. The quantitative estimate of drug-likeness (QED) is 0.776. The number of carbonyl (C=O) groups is 1. The van der Waals surface area contributed by atoms with Crippen molar-refractivity contribution in [2.45, 2.75) is 25.3 Å². The Kier molecular flexibility index (Phi) is 6.95. The third kappa shape index (κ3) is 4.93. The molecule has 0 spiro atoms. The first-order chi connectivity index (χ1) is 13.2. The van der Waals surface area contributed by atoms with Gasteiger partial charge in [-0.25, -0.2) is 4.79 Å². The molecular formula is C20H26N2O4S. The molecular weight excluding hydrogens is 364 g/mol. The summed E-state index contributed by atoms with van der Waals surface area (Å²) in [7, 11) is 3.15. The molecule has 1 saturated heterocycles. The van der Waals surface area contributed by atoms with E-state index in [1.807, 2.05) is 29.2 Å². The van der Waals surface area contributed by atoms with E-state index in [1.54, 1.807) is 25.6 Å². The molecule has 0 radical (unpaired) electrons. The number of amides is 2. The molecule has 27 heavy (non-hydrogen) atoms. The number of para-hydroxylation sites is 1. The first-order valence-corrected chi connectivity index (χ1v) is 9.99. The number of hydrogen-bond donors (Lipinski definition) is 1. The van der Waals surface area contributed by atoms with Crippen LogP contribution in [0.25, 0.3) is 0 Å². The van der Waals surface area contributed by atoms with E-state index in [9.17, 15) is 4.79 Å². The number of benzene rings is 1. The highest BCUT2D eigenvalue weighted by Gasteiger charge is 2.26. The van der Waals surface area contributed by atoms with Crippen molar-refractivity contribution in [3.05, 3.63) is 40.6 Å². The van der Waals surface area contributed by atoms with Gasteiger partial charge in [-0.3, -0.25) is 0 Å². The Morgan fingerprint density at radius 3 is 2.70 bits per heavy atom. The van der Waals surface area contributed by atoms with Crippen LogP contribution in [-0.4, -0.2) is 51.0 Å². The number of ether oxygens (including phenoxy) is 3. The van der Waals surface area contributed by atoms with Crippen molar-refractivity contribution in [1.82, 2.24) is 4.90 Å². The zero-order valence-electron chi connectivity index (χ0n) is 15.8. The van der Waals surface area contributed by atoms with Crippen LogP contribution in [0, 0.1) is 0 Å². The van der Waals surface area contributed by atoms with E-state index in [1.165, 1.54) is 4.88 Å². The number of thiophene rings is 1. The summed E-state index contributed by atoms with van der Waals surface area (Å²) in [4.78, 5) is 16.3. The molecule has 0 unspecified atom stereocenters. The van der Waals surface area contributed by atoms with Gasteiger partial charge in [-0.2, -0.15) is 0 Å². The average Bonchev–Trinajstić information content (AvgIpc) is 3.22. The minimum absolute atomic E-state index is 0.120. The zero-order valence-corrected chi connectivity index (χ0v) is 16.6. The number of urea groups is 1. The fourth-order valence-corrected chi connectivity index (χ4v) is 4.00. The Morgan fingerprint density at radius 2 is 2.04 bits per heavy atom. The first-order valence-electron chi connectivity index (χ1n) is 9.11. The third-order valence-corrected chi connectivity index (χ3v) is 5.65. The van der Waals surface area contributed by atoms with Crippen molar-refractivity contribution in [3.63, 3.8) is 0 Å². The Morgan fingerprint density at radius 1 is 1.22 bits per heavy atom. The highest BCUT2D eigenvalue weighted by atomic mass is 32.1. The lowest BCUT2D eigenvalue weighted by Gasteiger charge is -2.34. The molecule has 0 aliphatic carbocycles. The number of hydrogen-bond acceptors (Lipinski definition) is 5. The van der Waals surface area contributed by atoms with Gasteiger partial charge >= 0.3 is 6.03 Å². The molecule has 1 aliphatic rings. The SMILES string of the molecule is COc1cccc(NC(=O)N(CCc2cccs2)C2CCOCC2)c1OC. The maximum Gasteiger partial charge on any atom is 0.322 e. The Balaban J connectivity index is 1.75. The van der Waals surface area contributed by atoms with Crippen LogP contribution in [0.2, 0.25) is 0 Å². The van der Waals surface area contributed by atoms with E-state index in [0.717, 1.165) is 19.3 Å². The van der Waals surface area contributed by atoms with E-state index in [4.69, 9.17) is 14.2 Å². The summed E-state index contributed by atoms with van der Waals surface area (Å²) in [6.07, 6.45) is 2.55. The molecule has 6 nitrogen and oxygen atoms in total. The summed E-state index contributed by atoms with van der Waals surface area (Å²) >= 11 is 1.72. The second kappa shape index (κ2) is 9.62. The molecule has 1 fully saturated rings. The molecule has 2 amide bonds. The predicted octanol–water partition coefficient (Wildman–Crippen LogP) is 4.02. The largest absolute Gasteiger partial charge is 0.493 e. The van der Waals surface area contributed by atoms with Gasteiger partial charge in [0.15, 0.2) is 11.5 Å². The van der Waals surface area contributed by atoms with Crippen molar-refractivity contribution in [1.29, 1.82) is 0 Å². The Bertz CT molecular complexity index is 730. The van der Waals surface area contributed by atoms with Gasteiger partial charge in [-0.1, -0.05) is 12.1 Å². The maximum atomic E-state index is 13.1. The van der Waals surface area contributed by atoms with Crippen molar-refractivity contribution < 1.29 is 19.0 Å². The lowest BCUT2D eigenvalue weighted by molar-refractivity contribution is 0.0483. The van der Waals surface area contributed by atoms with Crippen LogP contribution >= 0.6 is 11.3 Å². The number of nitrogens with zero attached hydrogens (tertiary/aromatic N) is 1. The minimum atomic E-state index is -0.120. The average molecular weight is 391 g/mol. The number of carbonyl (C=O) groups excluding carboxylic acids is 1. The molecule has 1 aromatic carbocycles. The second-order valence-corrected chi connectivity index (χ2v) is 7.37. The van der Waals surface area contributed by atoms with Crippen LogP contribution in [0.3, 0.4) is 0 Å². The van der Waals surface area contributed by atoms with Crippen molar-refractivity contribution in [2.75, 3.05) is 39.3 Å². The number of nitrogens with one attached hydrogen (secondary N) is 1. The molecule has 1 N–H and O–H groups in total. The van der Waals surface area contributed by atoms with Crippen LogP contribution < -0.4 is 14.8 Å². The second-order valence-electron chi connectivity index (χ2n) is 6.34.